The Kier molecular flexibility index (Phi) is 5.03. The summed E-state index contributed by atoms with van der Waals surface area (Å²) in [6.45, 7) is 4.08. The lowest BCUT2D eigenvalue weighted by atomic mass is 10.2. The number of anilines is 1. The van der Waals surface area contributed by atoms with Crippen molar-refractivity contribution in [1.82, 2.24) is 9.97 Å². The molecular weight excluding hydrogens is 310 g/mol. The van der Waals surface area contributed by atoms with Gasteiger partial charge < -0.3 is 10.1 Å². The first-order valence-electron chi connectivity index (χ1n) is 6.26. The Labute approximate surface area is 130 Å². The number of ketones is 1. The van der Waals surface area contributed by atoms with Crippen molar-refractivity contribution in [3.8, 4) is 0 Å². The Morgan fingerprint density at radius 1 is 1.48 bits per heavy atom. The number of aromatic nitrogens is 2. The molecule has 0 amide bonds. The van der Waals surface area contributed by atoms with Crippen molar-refractivity contribution in [2.24, 2.45) is 0 Å². The number of thiazole rings is 2. The summed E-state index contributed by atoms with van der Waals surface area (Å²) in [4.78, 5) is 31.9. The molecule has 112 valence electrons. The number of nitrogens with zero attached hydrogens (tertiary/aromatic N) is 2. The Bertz CT molecular complexity index is 637. The van der Waals surface area contributed by atoms with E-state index < -0.39 is 5.97 Å². The van der Waals surface area contributed by atoms with E-state index in [9.17, 15) is 9.59 Å². The average molecular weight is 325 g/mol. The van der Waals surface area contributed by atoms with Gasteiger partial charge in [-0.3, -0.25) is 4.79 Å². The summed E-state index contributed by atoms with van der Waals surface area (Å²) in [7, 11) is 1.27. The highest BCUT2D eigenvalue weighted by Crippen LogP contribution is 2.25. The van der Waals surface area contributed by atoms with Crippen molar-refractivity contribution >= 4 is 39.6 Å². The zero-order chi connectivity index (χ0) is 15.4. The first-order valence-corrected chi connectivity index (χ1v) is 7.96. The number of hydrogen-bond donors (Lipinski definition) is 1. The highest BCUT2D eigenvalue weighted by Gasteiger charge is 2.22. The highest BCUT2D eigenvalue weighted by atomic mass is 32.1. The van der Waals surface area contributed by atoms with Crippen molar-refractivity contribution in [3.05, 3.63) is 27.2 Å². The third-order valence-electron chi connectivity index (χ3n) is 2.76. The van der Waals surface area contributed by atoms with E-state index >= 15 is 0 Å². The summed E-state index contributed by atoms with van der Waals surface area (Å²) in [5.41, 5.74) is 0.0689. The Hall–Kier alpha value is -1.80. The van der Waals surface area contributed by atoms with E-state index in [2.05, 4.69) is 20.0 Å². The largest absolute Gasteiger partial charge is 0.464 e. The molecule has 1 unspecified atom stereocenters. The molecule has 21 heavy (non-hydrogen) atoms. The van der Waals surface area contributed by atoms with Gasteiger partial charge in [0.05, 0.1) is 12.1 Å². The summed E-state index contributed by atoms with van der Waals surface area (Å²) >= 11 is 2.75. The molecule has 2 aromatic rings. The van der Waals surface area contributed by atoms with E-state index in [1.165, 1.54) is 14.0 Å². The van der Waals surface area contributed by atoms with Crippen LogP contribution in [0.25, 0.3) is 0 Å². The molecule has 0 radical (unpaired) electrons. The van der Waals surface area contributed by atoms with E-state index in [0.717, 1.165) is 16.3 Å². The van der Waals surface area contributed by atoms with Crippen LogP contribution < -0.4 is 5.32 Å². The smallest absolute Gasteiger partial charge is 0.358 e. The maximum Gasteiger partial charge on any atom is 0.358 e. The summed E-state index contributed by atoms with van der Waals surface area (Å²) in [6, 6.07) is 0. The van der Waals surface area contributed by atoms with E-state index in [1.807, 2.05) is 12.3 Å². The Morgan fingerprint density at radius 2 is 2.24 bits per heavy atom. The van der Waals surface area contributed by atoms with Crippen LogP contribution in [0.5, 0.6) is 0 Å². The summed E-state index contributed by atoms with van der Waals surface area (Å²) in [6.07, 6.45) is 1.77. The molecule has 6 nitrogen and oxygen atoms in total. The summed E-state index contributed by atoms with van der Waals surface area (Å²) in [5.74, 6) is -0.581. The second-order valence-electron chi connectivity index (χ2n) is 4.40. The average Bonchev–Trinajstić information content (AvgIpc) is 3.13. The standard InChI is InChI=1S/C13H15N3O3S2/c1-7(11-14-4-5-20-11)6-15-13-16-9(12(18)19-3)10(21-13)8(2)17/h4-5,7H,6H2,1-3H3,(H,15,16). The monoisotopic (exact) mass is 325 g/mol. The first-order chi connectivity index (χ1) is 10.0. The number of carbonyl (C=O) groups is 2. The van der Waals surface area contributed by atoms with Crippen LogP contribution in [-0.4, -0.2) is 35.4 Å². The van der Waals surface area contributed by atoms with Gasteiger partial charge >= 0.3 is 5.97 Å². The lowest BCUT2D eigenvalue weighted by Crippen LogP contribution is -2.10. The van der Waals surface area contributed by atoms with Crippen LogP contribution in [0.3, 0.4) is 0 Å². The number of ether oxygens (including phenoxy) is 1. The minimum Gasteiger partial charge on any atom is -0.464 e. The predicted octanol–water partition coefficient (Wildman–Crippen LogP) is 2.80. The molecule has 0 saturated heterocycles. The van der Waals surface area contributed by atoms with Gasteiger partial charge in [-0.25, -0.2) is 14.8 Å². The van der Waals surface area contributed by atoms with E-state index in [-0.39, 0.29) is 17.4 Å². The SMILES string of the molecule is COC(=O)c1nc(NCC(C)c2nccs2)sc1C(C)=O. The van der Waals surface area contributed by atoms with Crippen molar-refractivity contribution in [1.29, 1.82) is 0 Å². The van der Waals surface area contributed by atoms with E-state index in [0.29, 0.717) is 16.6 Å². The first kappa shape index (κ1) is 15.6. The van der Waals surface area contributed by atoms with Crippen LogP contribution in [0.2, 0.25) is 0 Å². The third kappa shape index (κ3) is 3.64. The van der Waals surface area contributed by atoms with E-state index in [1.54, 1.807) is 17.5 Å². The van der Waals surface area contributed by atoms with Crippen LogP contribution in [-0.2, 0) is 4.74 Å². The molecule has 0 fully saturated rings. The van der Waals surface area contributed by atoms with Crippen molar-refractivity contribution in [3.63, 3.8) is 0 Å². The Morgan fingerprint density at radius 3 is 2.81 bits per heavy atom. The van der Waals surface area contributed by atoms with Gasteiger partial charge in [-0.05, 0) is 0 Å². The lowest BCUT2D eigenvalue weighted by molar-refractivity contribution is 0.0591. The van der Waals surface area contributed by atoms with Crippen molar-refractivity contribution < 1.29 is 14.3 Å². The molecule has 2 aromatic heterocycles. The van der Waals surface area contributed by atoms with Gasteiger partial charge in [-0.15, -0.1) is 11.3 Å². The summed E-state index contributed by atoms with van der Waals surface area (Å²) < 4.78 is 4.64. The van der Waals surface area contributed by atoms with Gasteiger partial charge in [0.1, 0.15) is 4.88 Å². The minimum absolute atomic E-state index is 0.0689. The van der Waals surface area contributed by atoms with Gasteiger partial charge in [0.2, 0.25) is 0 Å². The molecule has 0 aliphatic heterocycles. The molecule has 0 aliphatic carbocycles. The number of rotatable bonds is 6. The minimum atomic E-state index is -0.600. The summed E-state index contributed by atoms with van der Waals surface area (Å²) in [5, 5.41) is 6.63. The quantitative estimate of drug-likeness (QED) is 0.650. The van der Waals surface area contributed by atoms with Crippen LogP contribution in [0.1, 0.15) is 44.9 Å². The molecule has 0 aliphatic rings. The van der Waals surface area contributed by atoms with E-state index in [4.69, 9.17) is 0 Å². The van der Waals surface area contributed by atoms with Crippen LogP contribution in [0.4, 0.5) is 5.13 Å². The maximum atomic E-state index is 11.6. The fraction of sp³-hybridized carbons (Fsp3) is 0.385. The van der Waals surface area contributed by atoms with Gasteiger partial charge in [0.15, 0.2) is 16.6 Å². The van der Waals surface area contributed by atoms with Crippen molar-refractivity contribution in [2.75, 3.05) is 19.0 Å². The maximum absolute atomic E-state index is 11.6. The molecule has 0 bridgehead atoms. The van der Waals surface area contributed by atoms with Crippen molar-refractivity contribution in [2.45, 2.75) is 19.8 Å². The van der Waals surface area contributed by atoms with Gasteiger partial charge in [0, 0.05) is 31.0 Å². The van der Waals surface area contributed by atoms with Gasteiger partial charge in [-0.2, -0.15) is 0 Å². The second-order valence-corrected chi connectivity index (χ2v) is 6.32. The zero-order valence-corrected chi connectivity index (χ0v) is 13.5. The number of hydrogen-bond acceptors (Lipinski definition) is 8. The number of esters is 1. The molecule has 0 saturated carbocycles. The fourth-order valence-corrected chi connectivity index (χ4v) is 3.23. The molecule has 2 heterocycles. The molecular formula is C13H15N3O3S2. The normalized spacial score (nSPS) is 12.0. The number of methoxy groups -OCH3 is 1. The van der Waals surface area contributed by atoms with Gasteiger partial charge in [0.25, 0.3) is 0 Å². The number of carbonyl (C=O) groups excluding carboxylic acids is 2. The molecule has 8 heteroatoms. The topological polar surface area (TPSA) is 81.2 Å². The highest BCUT2D eigenvalue weighted by molar-refractivity contribution is 7.17. The van der Waals surface area contributed by atoms with Gasteiger partial charge in [-0.1, -0.05) is 18.3 Å². The molecule has 0 spiro atoms. The molecule has 1 atom stereocenters. The fourth-order valence-electron chi connectivity index (χ4n) is 1.67. The Balaban J connectivity index is 2.10. The number of Topliss-reactive ketones (excluding diaryl/α,β-unsaturated/α-hetero) is 1. The lowest BCUT2D eigenvalue weighted by Gasteiger charge is -2.08. The number of nitrogens with one attached hydrogen (secondary N) is 1. The second kappa shape index (κ2) is 6.77. The molecule has 0 aromatic carbocycles. The van der Waals surface area contributed by atoms with Crippen LogP contribution in [0, 0.1) is 0 Å². The van der Waals surface area contributed by atoms with Crippen LogP contribution >= 0.6 is 22.7 Å². The molecule has 1 N–H and O–H groups in total. The third-order valence-corrected chi connectivity index (χ3v) is 4.88. The zero-order valence-electron chi connectivity index (χ0n) is 11.9. The predicted molar refractivity (Wildman–Crippen MR) is 82.5 cm³/mol. The van der Waals surface area contributed by atoms with Crippen LogP contribution in [0.15, 0.2) is 11.6 Å². The molecule has 2 rings (SSSR count).